The van der Waals surface area contributed by atoms with E-state index in [0.717, 1.165) is 6.42 Å². The van der Waals surface area contributed by atoms with E-state index < -0.39 is 8.80 Å². The van der Waals surface area contributed by atoms with Gasteiger partial charge in [-0.1, -0.05) is 6.08 Å². The van der Waals surface area contributed by atoms with E-state index in [1.165, 1.54) is 0 Å². The number of rotatable bonds is 18. The Balaban J connectivity index is 4.54. The molecule has 8 heteroatoms. The molecule has 0 aromatic carbocycles. The summed E-state index contributed by atoms with van der Waals surface area (Å²) in [6.07, 6.45) is 2.51. The third kappa shape index (κ3) is 12.7. The first kappa shape index (κ1) is 22.7. The summed E-state index contributed by atoms with van der Waals surface area (Å²) in [5.74, 6) is 0. The Bertz CT molecular complexity index is 240. The molecule has 0 aromatic heterocycles. The summed E-state index contributed by atoms with van der Waals surface area (Å²) in [5, 5.41) is 0. The smallest absolute Gasteiger partial charge is 0.382 e. The second-order valence-electron chi connectivity index (χ2n) is 4.67. The van der Waals surface area contributed by atoms with Crippen molar-refractivity contribution in [3.05, 3.63) is 12.7 Å². The second kappa shape index (κ2) is 16.5. The van der Waals surface area contributed by atoms with Crippen LogP contribution in [-0.2, 0) is 32.2 Å². The maximum atomic E-state index is 5.95. The number of methoxy groups -OCH3 is 3. The van der Waals surface area contributed by atoms with Crippen LogP contribution in [0, 0.1) is 0 Å². The maximum absolute atomic E-state index is 5.95. The summed E-state index contributed by atoms with van der Waals surface area (Å²) >= 11 is 0. The van der Waals surface area contributed by atoms with Gasteiger partial charge in [0.25, 0.3) is 0 Å². The Kier molecular flexibility index (Phi) is 16.3. The molecular formula is C15H32O7Si. The van der Waals surface area contributed by atoms with Gasteiger partial charge in [0.1, 0.15) is 0 Å². The van der Waals surface area contributed by atoms with E-state index in [1.807, 2.05) is 0 Å². The molecule has 23 heavy (non-hydrogen) atoms. The molecule has 0 heterocycles. The third-order valence-corrected chi connectivity index (χ3v) is 5.73. The minimum atomic E-state index is -2.81. The average molecular weight is 353 g/mol. The van der Waals surface area contributed by atoms with Gasteiger partial charge in [0.2, 0.25) is 0 Å². The number of ether oxygens (including phenoxy) is 4. The highest BCUT2D eigenvalue weighted by Gasteiger charge is 2.40. The number of hydrogen-bond acceptors (Lipinski definition) is 7. The Morgan fingerprint density at radius 3 is 1.61 bits per heavy atom. The highest BCUT2D eigenvalue weighted by molar-refractivity contribution is 6.60. The molecule has 0 saturated carbocycles. The second-order valence-corrected chi connectivity index (χ2v) is 7.41. The van der Waals surface area contributed by atoms with Crippen molar-refractivity contribution in [2.75, 3.05) is 74.2 Å². The zero-order chi connectivity index (χ0) is 17.2. The van der Waals surface area contributed by atoms with Gasteiger partial charge in [-0.25, -0.2) is 0 Å². The van der Waals surface area contributed by atoms with Crippen LogP contribution in [0.1, 0.15) is 6.42 Å². The molecule has 0 unspecified atom stereocenters. The lowest BCUT2D eigenvalue weighted by atomic mass is 10.5. The highest BCUT2D eigenvalue weighted by atomic mass is 28.4. The Labute approximate surface area is 141 Å². The van der Waals surface area contributed by atoms with Gasteiger partial charge in [0.15, 0.2) is 0 Å². The minimum Gasteiger partial charge on any atom is -0.382 e. The summed E-state index contributed by atoms with van der Waals surface area (Å²) in [6, 6.07) is 0.668. The topological polar surface area (TPSA) is 64.6 Å². The first-order valence-corrected chi connectivity index (χ1v) is 9.75. The van der Waals surface area contributed by atoms with Crippen LogP contribution < -0.4 is 0 Å². The molecule has 0 radical (unpaired) electrons. The van der Waals surface area contributed by atoms with Crippen LogP contribution >= 0.6 is 0 Å². The van der Waals surface area contributed by atoms with Crippen molar-refractivity contribution in [1.29, 1.82) is 0 Å². The van der Waals surface area contributed by atoms with Crippen molar-refractivity contribution >= 4 is 8.80 Å². The standard InChI is InChI=1S/C15H32O7Si/c1-5-7-19-8-6-15-23(20-12-9-16-2,21-13-10-17-3)22-14-11-18-4/h5H,1,6-15H2,2-4H3. The van der Waals surface area contributed by atoms with Gasteiger partial charge in [-0.15, -0.1) is 6.58 Å². The minimum absolute atomic E-state index is 0.427. The number of hydrogen-bond donors (Lipinski definition) is 0. The zero-order valence-corrected chi connectivity index (χ0v) is 15.7. The van der Waals surface area contributed by atoms with Gasteiger partial charge in [0, 0.05) is 34.0 Å². The fourth-order valence-corrected chi connectivity index (χ4v) is 4.18. The van der Waals surface area contributed by atoms with Crippen LogP contribution in [0.15, 0.2) is 12.7 Å². The SMILES string of the molecule is C=CCOCCC[Si](OCCOC)(OCCOC)OCCOC. The van der Waals surface area contributed by atoms with Crippen molar-refractivity contribution in [1.82, 2.24) is 0 Å². The molecule has 0 aromatic rings. The molecule has 0 N–H and O–H groups in total. The third-order valence-electron chi connectivity index (χ3n) is 2.84. The molecule has 0 rings (SSSR count). The van der Waals surface area contributed by atoms with E-state index in [0.29, 0.717) is 58.9 Å². The molecule has 138 valence electrons. The van der Waals surface area contributed by atoms with Crippen LogP contribution in [0.3, 0.4) is 0 Å². The molecule has 0 atom stereocenters. The average Bonchev–Trinajstić information content (AvgIpc) is 2.55. The summed E-state index contributed by atoms with van der Waals surface area (Å²) in [7, 11) is 2.08. The molecule has 0 aliphatic carbocycles. The molecule has 0 aliphatic rings. The molecule has 0 bridgehead atoms. The van der Waals surface area contributed by atoms with Crippen LogP contribution in [0.25, 0.3) is 0 Å². The summed E-state index contributed by atoms with van der Waals surface area (Å²) in [5.41, 5.74) is 0. The molecule has 0 aliphatic heterocycles. The van der Waals surface area contributed by atoms with E-state index in [1.54, 1.807) is 27.4 Å². The van der Waals surface area contributed by atoms with Crippen molar-refractivity contribution < 1.29 is 32.2 Å². The summed E-state index contributed by atoms with van der Waals surface area (Å²) in [4.78, 5) is 0. The molecule has 7 nitrogen and oxygen atoms in total. The van der Waals surface area contributed by atoms with E-state index in [2.05, 4.69) is 6.58 Å². The van der Waals surface area contributed by atoms with Gasteiger partial charge in [-0.2, -0.15) is 0 Å². The first-order valence-electron chi connectivity index (χ1n) is 7.82. The first-order chi connectivity index (χ1) is 11.2. The van der Waals surface area contributed by atoms with Crippen molar-refractivity contribution in [2.45, 2.75) is 12.5 Å². The van der Waals surface area contributed by atoms with E-state index in [-0.39, 0.29) is 0 Å². The quantitative estimate of drug-likeness (QED) is 0.210. The monoisotopic (exact) mass is 352 g/mol. The molecule has 0 amide bonds. The highest BCUT2D eigenvalue weighted by Crippen LogP contribution is 2.18. The molecule has 0 spiro atoms. The van der Waals surface area contributed by atoms with Crippen LogP contribution in [0.5, 0.6) is 0 Å². The Morgan fingerprint density at radius 2 is 1.22 bits per heavy atom. The van der Waals surface area contributed by atoms with Gasteiger partial charge >= 0.3 is 8.80 Å². The van der Waals surface area contributed by atoms with Crippen LogP contribution in [0.2, 0.25) is 6.04 Å². The zero-order valence-electron chi connectivity index (χ0n) is 14.7. The van der Waals surface area contributed by atoms with Crippen LogP contribution in [-0.4, -0.2) is 83.0 Å². The van der Waals surface area contributed by atoms with E-state index in [4.69, 9.17) is 32.2 Å². The van der Waals surface area contributed by atoms with Gasteiger partial charge < -0.3 is 32.2 Å². The van der Waals surface area contributed by atoms with Crippen molar-refractivity contribution in [2.24, 2.45) is 0 Å². The fourth-order valence-electron chi connectivity index (χ4n) is 1.74. The van der Waals surface area contributed by atoms with E-state index in [9.17, 15) is 0 Å². The predicted octanol–water partition coefficient (Wildman–Crippen LogP) is 1.51. The largest absolute Gasteiger partial charge is 0.501 e. The molecular weight excluding hydrogens is 320 g/mol. The van der Waals surface area contributed by atoms with E-state index >= 15 is 0 Å². The lowest BCUT2D eigenvalue weighted by Crippen LogP contribution is -2.48. The normalized spacial score (nSPS) is 11.8. The van der Waals surface area contributed by atoms with Gasteiger partial charge in [-0.3, -0.25) is 0 Å². The molecule has 0 saturated heterocycles. The summed E-state index contributed by atoms with van der Waals surface area (Å²) in [6.45, 7) is 7.52. The Hall–Kier alpha value is -0.323. The van der Waals surface area contributed by atoms with Crippen LogP contribution in [0.4, 0.5) is 0 Å². The maximum Gasteiger partial charge on any atom is 0.501 e. The lowest BCUT2D eigenvalue weighted by Gasteiger charge is -2.29. The fraction of sp³-hybridized carbons (Fsp3) is 0.867. The van der Waals surface area contributed by atoms with Gasteiger partial charge in [-0.05, 0) is 6.42 Å². The molecule has 0 fully saturated rings. The summed E-state index contributed by atoms with van der Waals surface area (Å²) < 4.78 is 38.4. The van der Waals surface area contributed by atoms with Gasteiger partial charge in [0.05, 0.1) is 46.2 Å². The van der Waals surface area contributed by atoms with Crippen molar-refractivity contribution in [3.8, 4) is 0 Å². The lowest BCUT2D eigenvalue weighted by molar-refractivity contribution is 0.0130. The van der Waals surface area contributed by atoms with Crippen molar-refractivity contribution in [3.63, 3.8) is 0 Å². The Morgan fingerprint density at radius 1 is 0.739 bits per heavy atom. The predicted molar refractivity (Wildman–Crippen MR) is 89.7 cm³/mol.